The van der Waals surface area contributed by atoms with Crippen LogP contribution in [0.4, 0.5) is 13.2 Å². The first-order valence-electron chi connectivity index (χ1n) is 14.3. The second kappa shape index (κ2) is 16.7. The van der Waals surface area contributed by atoms with Crippen molar-refractivity contribution in [1.82, 2.24) is 4.57 Å². The lowest BCUT2D eigenvalue weighted by molar-refractivity contribution is -0.0689. The Balaban J connectivity index is 0.00000316. The molecule has 0 amide bonds. The zero-order chi connectivity index (χ0) is 27.1. The molecular formula is C32H50F3N. The maximum absolute atomic E-state index is 14.4. The average Bonchev–Trinajstić information content (AvgIpc) is 3.18. The molecule has 2 rings (SSSR count). The number of aromatic nitrogens is 1. The highest BCUT2D eigenvalue weighted by Gasteiger charge is 2.37. The van der Waals surface area contributed by atoms with E-state index in [1.807, 2.05) is 32.9 Å². The van der Waals surface area contributed by atoms with Gasteiger partial charge in [0.05, 0.1) is 5.57 Å². The van der Waals surface area contributed by atoms with E-state index in [4.69, 9.17) is 0 Å². The molecule has 0 N–H and O–H groups in total. The Morgan fingerprint density at radius 3 is 2.03 bits per heavy atom. The van der Waals surface area contributed by atoms with Gasteiger partial charge in [0.15, 0.2) is 0 Å². The third-order valence-corrected chi connectivity index (χ3v) is 6.78. The molecule has 0 unspecified atom stereocenters. The second-order valence-electron chi connectivity index (χ2n) is 9.67. The van der Waals surface area contributed by atoms with Crippen molar-refractivity contribution >= 4 is 16.5 Å². The van der Waals surface area contributed by atoms with Crippen molar-refractivity contribution in [2.24, 2.45) is 0 Å². The number of rotatable bonds is 14. The SMILES string of the molecule is C/C=C(C)\C=C(/c1c(CCCC)ccc2c1c(C)cn2CCCCCCCCCC)C(F)(F)F.CC. The van der Waals surface area contributed by atoms with E-state index in [2.05, 4.69) is 24.6 Å². The summed E-state index contributed by atoms with van der Waals surface area (Å²) in [5, 5.41) is 0.764. The zero-order valence-electron chi connectivity index (χ0n) is 24.0. The Bertz CT molecular complexity index is 960. The summed E-state index contributed by atoms with van der Waals surface area (Å²) in [4.78, 5) is 0. The number of nitrogens with zero attached hydrogens (tertiary/aromatic N) is 1. The third kappa shape index (κ3) is 9.48. The molecule has 36 heavy (non-hydrogen) atoms. The minimum Gasteiger partial charge on any atom is -0.347 e. The van der Waals surface area contributed by atoms with Crippen molar-refractivity contribution in [2.45, 2.75) is 132 Å². The first-order chi connectivity index (χ1) is 17.2. The van der Waals surface area contributed by atoms with Gasteiger partial charge in [-0.1, -0.05) is 96.8 Å². The van der Waals surface area contributed by atoms with Crippen molar-refractivity contribution in [3.8, 4) is 0 Å². The van der Waals surface area contributed by atoms with Crippen LogP contribution < -0.4 is 0 Å². The van der Waals surface area contributed by atoms with Gasteiger partial charge in [0, 0.05) is 23.6 Å². The molecule has 0 bridgehead atoms. The minimum absolute atomic E-state index is 0.381. The molecular weight excluding hydrogens is 455 g/mol. The van der Waals surface area contributed by atoms with Crippen LogP contribution in [-0.4, -0.2) is 10.7 Å². The number of allylic oxidation sites excluding steroid dienone is 4. The Hall–Kier alpha value is -1.97. The molecule has 0 aliphatic heterocycles. The van der Waals surface area contributed by atoms with E-state index in [1.165, 1.54) is 51.0 Å². The van der Waals surface area contributed by atoms with E-state index >= 15 is 0 Å². The molecule has 1 aromatic heterocycles. The van der Waals surface area contributed by atoms with Crippen LogP contribution in [0.1, 0.15) is 122 Å². The van der Waals surface area contributed by atoms with Gasteiger partial charge in [-0.15, -0.1) is 0 Å². The third-order valence-electron chi connectivity index (χ3n) is 6.78. The van der Waals surface area contributed by atoms with Crippen LogP contribution >= 0.6 is 0 Å². The van der Waals surface area contributed by atoms with Crippen LogP contribution in [0.25, 0.3) is 16.5 Å². The number of hydrogen-bond acceptors (Lipinski definition) is 0. The number of benzene rings is 1. The van der Waals surface area contributed by atoms with Gasteiger partial charge in [-0.05, 0) is 68.9 Å². The molecule has 4 heteroatoms. The molecule has 0 spiro atoms. The number of unbranched alkanes of at least 4 members (excludes halogenated alkanes) is 8. The topological polar surface area (TPSA) is 4.93 Å². The summed E-state index contributed by atoms with van der Waals surface area (Å²) in [6.45, 7) is 14.6. The van der Waals surface area contributed by atoms with Crippen LogP contribution in [0.15, 0.2) is 36.1 Å². The number of halogens is 3. The molecule has 0 radical (unpaired) electrons. The summed E-state index contributed by atoms with van der Waals surface area (Å²) in [6.07, 6.45) is 13.1. The average molecular weight is 506 g/mol. The van der Waals surface area contributed by atoms with Gasteiger partial charge in [-0.2, -0.15) is 13.2 Å². The molecule has 1 heterocycles. The highest BCUT2D eigenvalue weighted by molar-refractivity contribution is 5.98. The number of alkyl halides is 3. The maximum atomic E-state index is 14.4. The lowest BCUT2D eigenvalue weighted by Gasteiger charge is -2.19. The summed E-state index contributed by atoms with van der Waals surface area (Å²) in [5.74, 6) is 0. The van der Waals surface area contributed by atoms with Gasteiger partial charge in [0.2, 0.25) is 0 Å². The molecule has 1 aromatic carbocycles. The van der Waals surface area contributed by atoms with Crippen LogP contribution in [0, 0.1) is 6.92 Å². The molecule has 0 saturated heterocycles. The van der Waals surface area contributed by atoms with E-state index in [0.29, 0.717) is 17.6 Å². The quantitative estimate of drug-likeness (QED) is 0.178. The van der Waals surface area contributed by atoms with Gasteiger partial charge in [-0.25, -0.2) is 0 Å². The predicted octanol–water partition coefficient (Wildman–Crippen LogP) is 11.4. The van der Waals surface area contributed by atoms with Gasteiger partial charge in [0.25, 0.3) is 0 Å². The predicted molar refractivity (Wildman–Crippen MR) is 153 cm³/mol. The summed E-state index contributed by atoms with van der Waals surface area (Å²) >= 11 is 0. The smallest absolute Gasteiger partial charge is 0.347 e. The highest BCUT2D eigenvalue weighted by atomic mass is 19.4. The van der Waals surface area contributed by atoms with Crippen molar-refractivity contribution < 1.29 is 13.2 Å². The number of hydrogen-bond donors (Lipinski definition) is 0. The zero-order valence-corrected chi connectivity index (χ0v) is 24.0. The van der Waals surface area contributed by atoms with Gasteiger partial charge < -0.3 is 4.57 Å². The summed E-state index contributed by atoms with van der Waals surface area (Å²) < 4.78 is 45.3. The van der Waals surface area contributed by atoms with Gasteiger partial charge in [-0.3, -0.25) is 0 Å². The lowest BCUT2D eigenvalue weighted by atomic mass is 9.90. The van der Waals surface area contributed by atoms with E-state index in [1.54, 1.807) is 19.9 Å². The molecule has 1 nitrogen and oxygen atoms in total. The molecule has 204 valence electrons. The molecule has 0 atom stereocenters. The van der Waals surface area contributed by atoms with Gasteiger partial charge >= 0.3 is 6.18 Å². The first kappa shape index (κ1) is 32.1. The van der Waals surface area contributed by atoms with E-state index in [-0.39, 0.29) is 0 Å². The fraction of sp³-hybridized carbons (Fsp3) is 0.625. The van der Waals surface area contributed by atoms with Crippen molar-refractivity contribution in [3.05, 3.63) is 52.7 Å². The normalized spacial score (nSPS) is 12.7. The number of fused-ring (bicyclic) bond motifs is 1. The van der Waals surface area contributed by atoms with Crippen LogP contribution in [-0.2, 0) is 13.0 Å². The Kier molecular flexibility index (Phi) is 14.9. The summed E-state index contributed by atoms with van der Waals surface area (Å²) in [5.41, 5.74) is 3.14. The summed E-state index contributed by atoms with van der Waals surface area (Å²) in [7, 11) is 0. The monoisotopic (exact) mass is 505 g/mol. The van der Waals surface area contributed by atoms with Crippen molar-refractivity contribution in [1.29, 1.82) is 0 Å². The van der Waals surface area contributed by atoms with Crippen LogP contribution in [0.3, 0.4) is 0 Å². The van der Waals surface area contributed by atoms with E-state index < -0.39 is 11.7 Å². The van der Waals surface area contributed by atoms with Crippen LogP contribution in [0.2, 0.25) is 0 Å². The van der Waals surface area contributed by atoms with E-state index in [0.717, 1.165) is 47.8 Å². The van der Waals surface area contributed by atoms with Gasteiger partial charge in [0.1, 0.15) is 0 Å². The van der Waals surface area contributed by atoms with Crippen LogP contribution in [0.5, 0.6) is 0 Å². The molecule has 0 saturated carbocycles. The highest BCUT2D eigenvalue weighted by Crippen LogP contribution is 2.42. The maximum Gasteiger partial charge on any atom is 0.417 e. The Labute approximate surface area is 218 Å². The van der Waals surface area contributed by atoms with Crippen molar-refractivity contribution in [2.75, 3.05) is 0 Å². The standard InChI is InChI=1S/C30H44F3N.C2H6/c1-6-9-11-12-13-14-15-16-20-34-22-24(5)28-27(34)19-18-25(17-10-7-2)29(28)26(30(31,32)33)21-23(4)8-3;1-2/h8,18-19,21-22H,6-7,9-17,20H2,1-5H3;1-2H3/b23-8-,26-21+;. The fourth-order valence-corrected chi connectivity index (χ4v) is 4.73. The van der Waals surface area contributed by atoms with E-state index in [9.17, 15) is 13.2 Å². The number of aryl methyl sites for hydroxylation is 3. The molecule has 0 fully saturated rings. The summed E-state index contributed by atoms with van der Waals surface area (Å²) in [6, 6.07) is 3.97. The Morgan fingerprint density at radius 1 is 0.889 bits per heavy atom. The molecule has 2 aromatic rings. The molecule has 0 aliphatic rings. The second-order valence-corrected chi connectivity index (χ2v) is 9.67. The van der Waals surface area contributed by atoms with Crippen molar-refractivity contribution in [3.63, 3.8) is 0 Å². The fourth-order valence-electron chi connectivity index (χ4n) is 4.73. The first-order valence-corrected chi connectivity index (χ1v) is 14.3. The minimum atomic E-state index is -4.41. The molecule has 0 aliphatic carbocycles. The largest absolute Gasteiger partial charge is 0.417 e. The lowest BCUT2D eigenvalue weighted by Crippen LogP contribution is -2.13. The Morgan fingerprint density at radius 2 is 1.47 bits per heavy atom.